The van der Waals surface area contributed by atoms with Gasteiger partial charge in [-0.05, 0) is 61.4 Å². The summed E-state index contributed by atoms with van der Waals surface area (Å²) in [6, 6.07) is 16.4. The van der Waals surface area contributed by atoms with Gasteiger partial charge < -0.3 is 29.3 Å². The molecule has 0 bridgehead atoms. The van der Waals surface area contributed by atoms with Crippen molar-refractivity contribution in [2.75, 3.05) is 14.2 Å². The predicted molar refractivity (Wildman–Crippen MR) is 145 cm³/mol. The Balaban J connectivity index is 1.58. The van der Waals surface area contributed by atoms with Crippen LogP contribution in [0, 0.1) is 13.8 Å². The van der Waals surface area contributed by atoms with Gasteiger partial charge in [-0.15, -0.1) is 4.73 Å². The normalized spacial score (nSPS) is 11.0. The molecule has 0 unspecified atom stereocenters. The summed E-state index contributed by atoms with van der Waals surface area (Å²) < 4.78 is 19.4. The number of methoxy groups -OCH3 is 2. The number of carbonyl (C=O) groups is 2. The zero-order chi connectivity index (χ0) is 28.7. The minimum absolute atomic E-state index is 0.138. The molecule has 2 heterocycles. The van der Waals surface area contributed by atoms with Crippen molar-refractivity contribution >= 4 is 33.7 Å². The quantitative estimate of drug-likeness (QED) is 0.142. The van der Waals surface area contributed by atoms with Gasteiger partial charge in [-0.3, -0.25) is 0 Å². The van der Waals surface area contributed by atoms with Crippen molar-refractivity contribution in [1.82, 2.24) is 4.73 Å². The molecule has 0 aliphatic carbocycles. The highest BCUT2D eigenvalue weighted by molar-refractivity contribution is 6.14. The molecule has 0 saturated heterocycles. The molecule has 0 aliphatic heterocycles. The van der Waals surface area contributed by atoms with E-state index in [0.717, 1.165) is 11.0 Å². The third-order valence-corrected chi connectivity index (χ3v) is 6.74. The van der Waals surface area contributed by atoms with Crippen LogP contribution in [0.2, 0.25) is 0 Å². The number of carbonyl (C=O) groups excluding carboxylic acids is 2. The molecule has 5 rings (SSSR count). The summed E-state index contributed by atoms with van der Waals surface area (Å²) in [5.41, 5.74) is 3.08. The van der Waals surface area contributed by atoms with Crippen molar-refractivity contribution in [3.05, 3.63) is 82.9 Å². The first kappa shape index (κ1) is 26.4. The zero-order valence-corrected chi connectivity index (χ0v) is 22.5. The van der Waals surface area contributed by atoms with Crippen molar-refractivity contribution in [1.29, 1.82) is 0 Å². The number of aromatic hydroxyl groups is 2. The number of ether oxygens (including phenoxy) is 3. The van der Waals surface area contributed by atoms with Crippen LogP contribution in [0.25, 0.3) is 21.8 Å². The molecule has 2 aromatic heterocycles. The first-order chi connectivity index (χ1) is 19.1. The third-order valence-electron chi connectivity index (χ3n) is 6.74. The van der Waals surface area contributed by atoms with E-state index in [0.29, 0.717) is 43.7 Å². The van der Waals surface area contributed by atoms with E-state index in [9.17, 15) is 19.8 Å². The molecule has 0 aliphatic rings. The number of nitrogens with zero attached hydrogens (tertiary/aromatic N) is 2. The van der Waals surface area contributed by atoms with E-state index in [-0.39, 0.29) is 11.3 Å². The number of benzene rings is 3. The summed E-state index contributed by atoms with van der Waals surface area (Å²) in [4.78, 5) is 31.7. The summed E-state index contributed by atoms with van der Waals surface area (Å²) in [7, 11) is 5.03. The highest BCUT2D eigenvalue weighted by atomic mass is 16.7. The Kier molecular flexibility index (Phi) is 6.68. The lowest BCUT2D eigenvalue weighted by molar-refractivity contribution is -0.617. The van der Waals surface area contributed by atoms with Crippen molar-refractivity contribution in [3.8, 4) is 29.0 Å². The molecule has 0 amide bonds. The molecular formula is C30H27N2O8+. The largest absolute Gasteiger partial charge is 0.497 e. The van der Waals surface area contributed by atoms with Gasteiger partial charge in [0, 0.05) is 24.3 Å². The number of rotatable bonds is 6. The number of esters is 1. The van der Waals surface area contributed by atoms with E-state index in [1.54, 1.807) is 40.2 Å². The molecule has 0 atom stereocenters. The second kappa shape index (κ2) is 10.1. The number of aryl methyl sites for hydroxylation is 3. The lowest BCUT2D eigenvalue weighted by Gasteiger charge is -2.15. The molecule has 10 heteroatoms. The van der Waals surface area contributed by atoms with Crippen LogP contribution >= 0.6 is 0 Å². The molecule has 204 valence electrons. The van der Waals surface area contributed by atoms with E-state index >= 15 is 0 Å². The third kappa shape index (κ3) is 4.49. The minimum Gasteiger partial charge on any atom is -0.497 e. The molecule has 2 N–H and O–H groups in total. The summed E-state index contributed by atoms with van der Waals surface area (Å²) >= 11 is 0. The van der Waals surface area contributed by atoms with Crippen LogP contribution in [0.4, 0.5) is 0 Å². The maximum atomic E-state index is 13.9. The number of fused-ring (bicyclic) bond motifs is 2. The SMILES string of the molecule is COc1ccc2c(c1)c(C(=O)Oc1c(C)cc(C(=O)On3c(O)ccc3O)cc1C)c1cc(OC)ccc1[n+]2C. The number of pyridine rings is 1. The molecule has 0 radical (unpaired) electrons. The van der Waals surface area contributed by atoms with Crippen LogP contribution in [-0.2, 0) is 7.05 Å². The molecule has 3 aromatic carbocycles. The summed E-state index contributed by atoms with van der Waals surface area (Å²) in [6.07, 6.45) is 0. The molecule has 40 heavy (non-hydrogen) atoms. The van der Waals surface area contributed by atoms with Crippen molar-refractivity contribution in [2.45, 2.75) is 13.8 Å². The van der Waals surface area contributed by atoms with E-state index in [1.807, 2.05) is 35.9 Å². The average Bonchev–Trinajstić information content (AvgIpc) is 3.26. The van der Waals surface area contributed by atoms with Gasteiger partial charge in [-0.2, -0.15) is 4.57 Å². The lowest BCUT2D eigenvalue weighted by atomic mass is 10.0. The van der Waals surface area contributed by atoms with Crippen LogP contribution < -0.4 is 23.6 Å². The van der Waals surface area contributed by atoms with Gasteiger partial charge in [0.2, 0.25) is 22.8 Å². The van der Waals surface area contributed by atoms with Gasteiger partial charge in [0.1, 0.15) is 24.3 Å². The fraction of sp³-hybridized carbons (Fsp3) is 0.167. The van der Waals surface area contributed by atoms with Crippen molar-refractivity contribution < 1.29 is 43.4 Å². The highest BCUT2D eigenvalue weighted by Crippen LogP contribution is 2.33. The Bertz CT molecular complexity index is 1720. The van der Waals surface area contributed by atoms with E-state index in [2.05, 4.69) is 0 Å². The maximum Gasteiger partial charge on any atom is 0.363 e. The Labute approximate surface area is 229 Å². The topological polar surface area (TPSA) is 120 Å². The molecule has 0 fully saturated rings. The zero-order valence-electron chi connectivity index (χ0n) is 22.5. The maximum absolute atomic E-state index is 13.9. The van der Waals surface area contributed by atoms with Gasteiger partial charge in [0.25, 0.3) is 0 Å². The van der Waals surface area contributed by atoms with E-state index in [1.165, 1.54) is 24.3 Å². The van der Waals surface area contributed by atoms with Gasteiger partial charge >= 0.3 is 11.9 Å². The fourth-order valence-corrected chi connectivity index (χ4v) is 4.77. The van der Waals surface area contributed by atoms with E-state index in [4.69, 9.17) is 19.0 Å². The van der Waals surface area contributed by atoms with Gasteiger partial charge in [-0.1, -0.05) is 0 Å². The van der Waals surface area contributed by atoms with Crippen molar-refractivity contribution in [3.63, 3.8) is 0 Å². The monoisotopic (exact) mass is 543 g/mol. The van der Waals surface area contributed by atoms with Crippen LogP contribution in [0.15, 0.2) is 60.7 Å². The Morgan fingerprint density at radius 2 is 1.25 bits per heavy atom. The second-order valence-corrected chi connectivity index (χ2v) is 9.25. The highest BCUT2D eigenvalue weighted by Gasteiger charge is 2.26. The smallest absolute Gasteiger partial charge is 0.363 e. The Morgan fingerprint density at radius 1 is 0.750 bits per heavy atom. The lowest BCUT2D eigenvalue weighted by Crippen LogP contribution is -2.31. The Hall–Kier alpha value is -5.25. The van der Waals surface area contributed by atoms with E-state index < -0.39 is 23.7 Å². The first-order valence-electron chi connectivity index (χ1n) is 12.3. The summed E-state index contributed by atoms with van der Waals surface area (Å²) in [5.74, 6) is -0.841. The molecule has 10 nitrogen and oxygen atoms in total. The number of hydrogen-bond acceptors (Lipinski definition) is 8. The van der Waals surface area contributed by atoms with Crippen LogP contribution in [0.3, 0.4) is 0 Å². The van der Waals surface area contributed by atoms with Crippen LogP contribution in [0.5, 0.6) is 29.0 Å². The number of aromatic nitrogens is 2. The molecule has 0 spiro atoms. The Morgan fingerprint density at radius 3 is 1.73 bits per heavy atom. The number of hydrogen-bond donors (Lipinski definition) is 2. The van der Waals surface area contributed by atoms with Crippen molar-refractivity contribution in [2.24, 2.45) is 7.05 Å². The van der Waals surface area contributed by atoms with Gasteiger partial charge in [0.15, 0.2) is 0 Å². The molecule has 5 aromatic rings. The van der Waals surface area contributed by atoms with Crippen LogP contribution in [0.1, 0.15) is 31.8 Å². The summed E-state index contributed by atoms with van der Waals surface area (Å²) in [6.45, 7) is 3.40. The summed E-state index contributed by atoms with van der Waals surface area (Å²) in [5, 5.41) is 20.8. The molecular weight excluding hydrogens is 516 g/mol. The van der Waals surface area contributed by atoms with Gasteiger partial charge in [-0.25, -0.2) is 9.59 Å². The first-order valence-corrected chi connectivity index (χ1v) is 12.3. The fourth-order valence-electron chi connectivity index (χ4n) is 4.77. The predicted octanol–water partition coefficient (Wildman–Crippen LogP) is 4.15. The minimum atomic E-state index is -0.822. The van der Waals surface area contributed by atoms with Crippen LogP contribution in [-0.4, -0.2) is 41.1 Å². The van der Waals surface area contributed by atoms with Gasteiger partial charge in [0.05, 0.1) is 36.1 Å². The second-order valence-electron chi connectivity index (χ2n) is 9.25. The molecule has 0 saturated carbocycles. The standard InChI is InChI=1S/C30H26N2O8/c1-16-12-18(29(35)40-32-25(33)10-11-26(32)34)13-17(2)28(16)39-30(36)27-21-14-19(37-4)6-8-23(21)31(3)24-9-7-20(38-5)15-22(24)27/h6-15,36H,1-5H3/p+1. The average molecular weight is 544 g/mol.